The maximum absolute atomic E-state index is 4.04. The molecule has 0 aromatic carbocycles. The van der Waals surface area contributed by atoms with E-state index < -0.39 is 0 Å². The molecule has 0 saturated heterocycles. The first-order valence-electron chi connectivity index (χ1n) is 3.20. The van der Waals surface area contributed by atoms with Gasteiger partial charge in [0.1, 0.15) is 0 Å². The van der Waals surface area contributed by atoms with Crippen molar-refractivity contribution in [2.24, 2.45) is 5.10 Å². The summed E-state index contributed by atoms with van der Waals surface area (Å²) in [6, 6.07) is 0. The van der Waals surface area contributed by atoms with Crippen LogP contribution in [0.15, 0.2) is 29.4 Å². The van der Waals surface area contributed by atoms with E-state index >= 15 is 0 Å². The predicted octanol–water partition coefficient (Wildman–Crippen LogP) is 1.67. The Morgan fingerprint density at radius 1 is 1.50 bits per heavy atom. The largest absolute Gasteiger partial charge is 0.303 e. The Morgan fingerprint density at radius 2 is 2.10 bits per heavy atom. The van der Waals surface area contributed by atoms with Crippen molar-refractivity contribution in [3.8, 4) is 0 Å². The maximum atomic E-state index is 4.04. The second-order valence-corrected chi connectivity index (χ2v) is 2.08. The summed E-state index contributed by atoms with van der Waals surface area (Å²) in [5.74, 6) is 0. The zero-order valence-electron chi connectivity index (χ0n) is 6.83. The van der Waals surface area contributed by atoms with Gasteiger partial charge in [-0.2, -0.15) is 5.10 Å². The molecule has 0 unspecified atom stereocenters. The quantitative estimate of drug-likeness (QED) is 0.329. The van der Waals surface area contributed by atoms with Crippen molar-refractivity contribution < 1.29 is 0 Å². The molecule has 0 bridgehead atoms. The van der Waals surface area contributed by atoms with Crippen LogP contribution in [0.2, 0.25) is 0 Å². The molecular formula is C8H14N2. The lowest BCUT2D eigenvalue weighted by atomic mass is 10.3. The molecule has 0 amide bonds. The van der Waals surface area contributed by atoms with Crippen molar-refractivity contribution >= 4 is 6.21 Å². The smallest absolute Gasteiger partial charge is 0.0539 e. The van der Waals surface area contributed by atoms with Gasteiger partial charge in [0.2, 0.25) is 0 Å². The molecule has 56 valence electrons. The summed E-state index contributed by atoms with van der Waals surface area (Å²) in [6.45, 7) is 5.59. The van der Waals surface area contributed by atoms with Gasteiger partial charge in [-0.25, -0.2) is 0 Å². The van der Waals surface area contributed by atoms with Gasteiger partial charge in [0, 0.05) is 14.1 Å². The highest BCUT2D eigenvalue weighted by atomic mass is 15.4. The molecule has 0 aliphatic rings. The molecule has 0 aromatic heterocycles. The average molecular weight is 138 g/mol. The first kappa shape index (κ1) is 8.95. The number of hydrogen-bond acceptors (Lipinski definition) is 2. The Balaban J connectivity index is 3.98. The highest BCUT2D eigenvalue weighted by Crippen LogP contribution is 1.90. The molecule has 0 N–H and O–H groups in total. The number of allylic oxidation sites excluding steroid dienone is 3. The maximum Gasteiger partial charge on any atom is 0.0539 e. The van der Waals surface area contributed by atoms with Crippen LogP contribution in [0.3, 0.4) is 0 Å². The fourth-order valence-corrected chi connectivity index (χ4v) is 0.427. The SMILES string of the molecule is C=CC(=C/C)/C=N/N(C)C. The van der Waals surface area contributed by atoms with Crippen LogP contribution in [0, 0.1) is 0 Å². The van der Waals surface area contributed by atoms with Crippen molar-refractivity contribution in [1.29, 1.82) is 0 Å². The summed E-state index contributed by atoms with van der Waals surface area (Å²) in [5.41, 5.74) is 1.04. The third-order valence-corrected chi connectivity index (χ3v) is 1.01. The van der Waals surface area contributed by atoms with Gasteiger partial charge in [-0.05, 0) is 12.5 Å². The normalized spacial score (nSPS) is 12.1. The van der Waals surface area contributed by atoms with Crippen molar-refractivity contribution in [3.05, 3.63) is 24.3 Å². The van der Waals surface area contributed by atoms with Gasteiger partial charge >= 0.3 is 0 Å². The van der Waals surface area contributed by atoms with Gasteiger partial charge in [-0.1, -0.05) is 18.7 Å². The minimum absolute atomic E-state index is 1.04. The Bertz CT molecular complexity index is 155. The molecule has 0 aromatic rings. The van der Waals surface area contributed by atoms with Gasteiger partial charge in [-0.3, -0.25) is 0 Å². The minimum atomic E-state index is 1.04. The second-order valence-electron chi connectivity index (χ2n) is 2.08. The van der Waals surface area contributed by atoms with Crippen molar-refractivity contribution in [2.45, 2.75) is 6.92 Å². The summed E-state index contributed by atoms with van der Waals surface area (Å²) < 4.78 is 0. The van der Waals surface area contributed by atoms with Crippen LogP contribution >= 0.6 is 0 Å². The van der Waals surface area contributed by atoms with E-state index in [1.54, 1.807) is 17.3 Å². The predicted molar refractivity (Wildman–Crippen MR) is 46.1 cm³/mol. The van der Waals surface area contributed by atoms with Gasteiger partial charge < -0.3 is 5.01 Å². The Kier molecular flexibility index (Phi) is 4.29. The molecule has 0 spiro atoms. The van der Waals surface area contributed by atoms with Crippen LogP contribution in [0.1, 0.15) is 6.92 Å². The average Bonchev–Trinajstić information content (AvgIpc) is 1.90. The van der Waals surface area contributed by atoms with E-state index in [1.165, 1.54) is 0 Å². The topological polar surface area (TPSA) is 15.6 Å². The van der Waals surface area contributed by atoms with E-state index in [2.05, 4.69) is 11.7 Å². The first-order valence-corrected chi connectivity index (χ1v) is 3.20. The standard InChI is InChI=1S/C8H14N2/c1-5-8(6-2)7-9-10(3)4/h5-7H,1H2,2-4H3/b8-6-,9-7+. The van der Waals surface area contributed by atoms with Crippen molar-refractivity contribution in [1.82, 2.24) is 5.01 Å². The van der Waals surface area contributed by atoms with Gasteiger partial charge in [-0.15, -0.1) is 0 Å². The van der Waals surface area contributed by atoms with E-state index in [0.29, 0.717) is 0 Å². The Hall–Kier alpha value is -1.05. The van der Waals surface area contributed by atoms with Crippen LogP contribution in [0.25, 0.3) is 0 Å². The third kappa shape index (κ3) is 3.89. The monoisotopic (exact) mass is 138 g/mol. The molecule has 0 saturated carbocycles. The molecule has 0 aliphatic heterocycles. The zero-order valence-corrected chi connectivity index (χ0v) is 6.83. The first-order chi connectivity index (χ1) is 4.70. The van der Waals surface area contributed by atoms with Crippen LogP contribution in [0.5, 0.6) is 0 Å². The summed E-state index contributed by atoms with van der Waals surface area (Å²) in [5, 5.41) is 5.78. The van der Waals surface area contributed by atoms with E-state index in [9.17, 15) is 0 Å². The molecule has 10 heavy (non-hydrogen) atoms. The summed E-state index contributed by atoms with van der Waals surface area (Å²) in [7, 11) is 3.76. The minimum Gasteiger partial charge on any atom is -0.303 e. The lowest BCUT2D eigenvalue weighted by molar-refractivity contribution is 0.440. The van der Waals surface area contributed by atoms with Crippen molar-refractivity contribution in [2.75, 3.05) is 14.1 Å². The lowest BCUT2D eigenvalue weighted by Crippen LogP contribution is -2.01. The van der Waals surface area contributed by atoms with E-state index in [4.69, 9.17) is 0 Å². The molecule has 2 nitrogen and oxygen atoms in total. The molecule has 0 heterocycles. The summed E-state index contributed by atoms with van der Waals surface area (Å²) in [4.78, 5) is 0. The Morgan fingerprint density at radius 3 is 2.40 bits per heavy atom. The summed E-state index contributed by atoms with van der Waals surface area (Å²) >= 11 is 0. The fourth-order valence-electron chi connectivity index (χ4n) is 0.427. The van der Waals surface area contributed by atoms with Crippen molar-refractivity contribution in [3.63, 3.8) is 0 Å². The van der Waals surface area contributed by atoms with Gasteiger partial charge in [0.15, 0.2) is 0 Å². The molecular weight excluding hydrogens is 124 g/mol. The lowest BCUT2D eigenvalue weighted by Gasteiger charge is -2.01. The molecule has 2 heteroatoms. The summed E-state index contributed by atoms with van der Waals surface area (Å²) in [6.07, 6.45) is 5.50. The van der Waals surface area contributed by atoms with E-state index in [0.717, 1.165) is 5.57 Å². The molecule has 0 aliphatic carbocycles. The van der Waals surface area contributed by atoms with Crippen LogP contribution in [0.4, 0.5) is 0 Å². The van der Waals surface area contributed by atoms with Gasteiger partial charge in [0.05, 0.1) is 6.21 Å². The van der Waals surface area contributed by atoms with Crippen LogP contribution < -0.4 is 0 Å². The fraction of sp³-hybridized carbons (Fsp3) is 0.375. The number of hydrazone groups is 1. The number of hydrogen-bond donors (Lipinski definition) is 0. The molecule has 0 rings (SSSR count). The van der Waals surface area contributed by atoms with Gasteiger partial charge in [0.25, 0.3) is 0 Å². The Labute approximate surface area is 62.5 Å². The van der Waals surface area contributed by atoms with Crippen LogP contribution in [-0.2, 0) is 0 Å². The third-order valence-electron chi connectivity index (χ3n) is 1.01. The highest BCUT2D eigenvalue weighted by molar-refractivity contribution is 5.81. The van der Waals surface area contributed by atoms with E-state index in [1.807, 2.05) is 27.1 Å². The molecule has 0 radical (unpaired) electrons. The number of nitrogens with zero attached hydrogens (tertiary/aromatic N) is 2. The van der Waals surface area contributed by atoms with E-state index in [-0.39, 0.29) is 0 Å². The molecule has 0 atom stereocenters. The second kappa shape index (κ2) is 4.79. The number of rotatable bonds is 3. The molecule has 0 fully saturated rings. The zero-order chi connectivity index (χ0) is 7.98. The van der Waals surface area contributed by atoms with Crippen LogP contribution in [-0.4, -0.2) is 25.3 Å². The highest BCUT2D eigenvalue weighted by Gasteiger charge is 1.81.